The van der Waals surface area contributed by atoms with E-state index in [0.717, 1.165) is 51.4 Å². The van der Waals surface area contributed by atoms with Crippen molar-refractivity contribution >= 4 is 18.5 Å². The number of aliphatic hydroxyl groups excluding tert-OH is 1. The highest BCUT2D eigenvalue weighted by molar-refractivity contribution is 5.69. The van der Waals surface area contributed by atoms with E-state index in [-0.39, 0.29) is 30.6 Å². The number of hydrogen-bond acceptors (Lipinski definition) is 6. The van der Waals surface area contributed by atoms with Gasteiger partial charge in [-0.2, -0.15) is 0 Å². The standard InChI is InChI=1S/C12H23NO3.C12H21NO3/c2*1-12(2,3)16-11(15)13-7-5-4-6-10(8-13)9-14/h10,14H,4-9H2,1-3H3;9-10H,4-8H2,1-3H3. The molecule has 1 N–H and O–H groups in total. The van der Waals surface area contributed by atoms with Crippen LogP contribution in [-0.4, -0.2) is 77.4 Å². The Balaban J connectivity index is 0.000000320. The summed E-state index contributed by atoms with van der Waals surface area (Å²) in [4.78, 5) is 37.8. The molecule has 0 aromatic carbocycles. The molecule has 186 valence electrons. The van der Waals surface area contributed by atoms with Crippen LogP contribution in [0.25, 0.3) is 0 Å². The maximum atomic E-state index is 11.9. The third-order valence-electron chi connectivity index (χ3n) is 5.23. The normalized spacial score (nSPS) is 22.6. The Labute approximate surface area is 193 Å². The van der Waals surface area contributed by atoms with Crippen molar-refractivity contribution in [3.63, 3.8) is 0 Å². The molecular weight excluding hydrogens is 412 g/mol. The van der Waals surface area contributed by atoms with Gasteiger partial charge in [-0.05, 0) is 73.1 Å². The van der Waals surface area contributed by atoms with Crippen LogP contribution in [0.3, 0.4) is 0 Å². The van der Waals surface area contributed by atoms with Crippen molar-refractivity contribution in [3.8, 4) is 0 Å². The molecule has 2 amide bonds. The fourth-order valence-electron chi connectivity index (χ4n) is 3.65. The minimum atomic E-state index is -0.472. The van der Waals surface area contributed by atoms with Crippen LogP contribution < -0.4 is 0 Å². The number of aliphatic hydroxyl groups is 1. The van der Waals surface area contributed by atoms with Crippen molar-refractivity contribution in [2.75, 3.05) is 32.8 Å². The molecule has 2 unspecified atom stereocenters. The van der Waals surface area contributed by atoms with Gasteiger partial charge in [-0.15, -0.1) is 0 Å². The number of carbonyl (C=O) groups excluding carboxylic acids is 3. The Kier molecular flexibility index (Phi) is 11.5. The molecule has 0 saturated carbocycles. The molecule has 0 spiro atoms. The van der Waals surface area contributed by atoms with Gasteiger partial charge < -0.3 is 29.2 Å². The summed E-state index contributed by atoms with van der Waals surface area (Å²) in [5.41, 5.74) is -0.918. The first kappa shape index (κ1) is 28.2. The van der Waals surface area contributed by atoms with Gasteiger partial charge >= 0.3 is 12.2 Å². The second-order valence-electron chi connectivity index (χ2n) is 10.8. The lowest BCUT2D eigenvalue weighted by molar-refractivity contribution is -0.111. The maximum Gasteiger partial charge on any atom is 0.410 e. The number of likely N-dealkylation sites (tertiary alicyclic amines) is 2. The van der Waals surface area contributed by atoms with Crippen LogP contribution in [0.15, 0.2) is 0 Å². The minimum Gasteiger partial charge on any atom is -0.444 e. The van der Waals surface area contributed by atoms with Crippen molar-refractivity contribution in [2.45, 2.75) is 91.3 Å². The SMILES string of the molecule is CC(C)(C)OC(=O)N1CCCCC(C=O)C1.CC(C)(C)OC(=O)N1CCCCC(CO)C1. The lowest BCUT2D eigenvalue weighted by Gasteiger charge is -2.27. The van der Waals surface area contributed by atoms with Gasteiger partial charge in [0.15, 0.2) is 0 Å². The van der Waals surface area contributed by atoms with E-state index in [1.54, 1.807) is 9.80 Å². The van der Waals surface area contributed by atoms with Gasteiger partial charge in [0.1, 0.15) is 17.5 Å². The Morgan fingerprint density at radius 2 is 1.31 bits per heavy atom. The van der Waals surface area contributed by atoms with Crippen LogP contribution in [0, 0.1) is 11.8 Å². The van der Waals surface area contributed by atoms with Crippen LogP contribution >= 0.6 is 0 Å². The smallest absolute Gasteiger partial charge is 0.410 e. The first-order valence-electron chi connectivity index (χ1n) is 11.9. The molecule has 2 fully saturated rings. The third kappa shape index (κ3) is 11.7. The van der Waals surface area contributed by atoms with Gasteiger partial charge in [0, 0.05) is 38.7 Å². The Hall–Kier alpha value is -1.83. The summed E-state index contributed by atoms with van der Waals surface area (Å²) >= 11 is 0. The van der Waals surface area contributed by atoms with Crippen LogP contribution in [0.4, 0.5) is 9.59 Å². The molecular formula is C24H44N2O6. The average Bonchev–Trinajstić information content (AvgIpc) is 3.06. The number of nitrogens with zero attached hydrogens (tertiary/aromatic N) is 2. The van der Waals surface area contributed by atoms with Gasteiger partial charge in [0.05, 0.1) is 0 Å². The van der Waals surface area contributed by atoms with Crippen LogP contribution in [0.5, 0.6) is 0 Å². The molecule has 8 heteroatoms. The van der Waals surface area contributed by atoms with E-state index in [1.165, 1.54) is 0 Å². The van der Waals surface area contributed by atoms with E-state index in [4.69, 9.17) is 14.6 Å². The number of ether oxygens (including phenoxy) is 2. The molecule has 2 heterocycles. The number of carbonyl (C=O) groups is 3. The van der Waals surface area contributed by atoms with E-state index in [0.29, 0.717) is 19.6 Å². The van der Waals surface area contributed by atoms with Gasteiger partial charge in [-0.3, -0.25) is 0 Å². The molecule has 8 nitrogen and oxygen atoms in total. The Morgan fingerprint density at radius 1 is 0.844 bits per heavy atom. The molecule has 32 heavy (non-hydrogen) atoms. The van der Waals surface area contributed by atoms with Crippen LogP contribution in [-0.2, 0) is 14.3 Å². The molecule has 0 aliphatic carbocycles. The molecule has 2 aliphatic rings. The summed E-state index contributed by atoms with van der Waals surface area (Å²) in [6.45, 7) is 13.8. The molecule has 0 bridgehead atoms. The Bertz CT molecular complexity index is 596. The first-order chi connectivity index (χ1) is 14.8. The molecule has 0 aromatic heterocycles. The maximum absolute atomic E-state index is 11.9. The second-order valence-corrected chi connectivity index (χ2v) is 10.8. The van der Waals surface area contributed by atoms with Crippen molar-refractivity contribution in [3.05, 3.63) is 0 Å². The monoisotopic (exact) mass is 456 g/mol. The fraction of sp³-hybridized carbons (Fsp3) is 0.875. The zero-order valence-electron chi connectivity index (χ0n) is 20.9. The summed E-state index contributed by atoms with van der Waals surface area (Å²) in [5, 5.41) is 9.17. The lowest BCUT2D eigenvalue weighted by atomic mass is 10.1. The van der Waals surface area contributed by atoms with Crippen LogP contribution in [0.2, 0.25) is 0 Å². The van der Waals surface area contributed by atoms with Gasteiger partial charge in [0.2, 0.25) is 0 Å². The van der Waals surface area contributed by atoms with E-state index < -0.39 is 11.2 Å². The van der Waals surface area contributed by atoms with Crippen molar-refractivity contribution < 1.29 is 29.0 Å². The summed E-state index contributed by atoms with van der Waals surface area (Å²) in [6.07, 6.45) is 6.28. The summed E-state index contributed by atoms with van der Waals surface area (Å²) in [5.74, 6) is 0.171. The second kappa shape index (κ2) is 13.0. The van der Waals surface area contributed by atoms with E-state index in [2.05, 4.69) is 0 Å². The summed E-state index contributed by atoms with van der Waals surface area (Å²) in [7, 11) is 0. The molecule has 2 rings (SSSR count). The minimum absolute atomic E-state index is 0.0324. The van der Waals surface area contributed by atoms with Gasteiger partial charge in [0.25, 0.3) is 0 Å². The van der Waals surface area contributed by atoms with Crippen LogP contribution in [0.1, 0.15) is 80.1 Å². The number of aldehydes is 1. The molecule has 2 aliphatic heterocycles. The highest BCUT2D eigenvalue weighted by atomic mass is 16.6. The van der Waals surface area contributed by atoms with E-state index >= 15 is 0 Å². The number of hydrogen-bond donors (Lipinski definition) is 1. The predicted octanol–water partition coefficient (Wildman–Crippen LogP) is 4.24. The molecule has 2 atom stereocenters. The first-order valence-corrected chi connectivity index (χ1v) is 11.9. The van der Waals surface area contributed by atoms with Gasteiger partial charge in [-0.1, -0.05) is 12.8 Å². The molecule has 2 saturated heterocycles. The quantitative estimate of drug-likeness (QED) is 0.625. The molecule has 0 radical (unpaired) electrons. The summed E-state index contributed by atoms with van der Waals surface area (Å²) in [6, 6.07) is 0. The van der Waals surface area contributed by atoms with Gasteiger partial charge in [-0.25, -0.2) is 9.59 Å². The topological polar surface area (TPSA) is 96.4 Å². The van der Waals surface area contributed by atoms with E-state index in [1.807, 2.05) is 41.5 Å². The predicted molar refractivity (Wildman–Crippen MR) is 123 cm³/mol. The van der Waals surface area contributed by atoms with E-state index in [9.17, 15) is 14.4 Å². The number of amides is 2. The Morgan fingerprint density at radius 3 is 1.75 bits per heavy atom. The highest BCUT2D eigenvalue weighted by Gasteiger charge is 2.27. The van der Waals surface area contributed by atoms with Crippen molar-refractivity contribution in [1.29, 1.82) is 0 Å². The average molecular weight is 457 g/mol. The third-order valence-corrected chi connectivity index (χ3v) is 5.23. The highest BCUT2D eigenvalue weighted by Crippen LogP contribution is 2.19. The zero-order chi connectivity index (χ0) is 24.4. The molecule has 0 aromatic rings. The van der Waals surface area contributed by atoms with Crippen molar-refractivity contribution in [2.24, 2.45) is 11.8 Å². The zero-order valence-corrected chi connectivity index (χ0v) is 20.9. The van der Waals surface area contributed by atoms with Crippen molar-refractivity contribution in [1.82, 2.24) is 9.80 Å². The largest absolute Gasteiger partial charge is 0.444 e. The summed E-state index contributed by atoms with van der Waals surface area (Å²) < 4.78 is 10.6. The fourth-order valence-corrected chi connectivity index (χ4v) is 3.65. The number of rotatable bonds is 2. The lowest BCUT2D eigenvalue weighted by Crippen LogP contribution is -2.39.